The maximum Gasteiger partial charge on any atom is 0.127 e. The van der Waals surface area contributed by atoms with Crippen molar-refractivity contribution >= 4 is 5.84 Å². The summed E-state index contributed by atoms with van der Waals surface area (Å²) in [5, 5.41) is 0. The fraction of sp³-hybridized carbons (Fsp3) is 0.375. The molecule has 0 spiro atoms. The summed E-state index contributed by atoms with van der Waals surface area (Å²) in [4.78, 5) is 6.50. The van der Waals surface area contributed by atoms with E-state index in [0.717, 1.165) is 18.9 Å². The predicted molar refractivity (Wildman–Crippen MR) is 41.9 cm³/mol. The average molecular weight is 134 g/mol. The monoisotopic (exact) mass is 134 g/mol. The van der Waals surface area contributed by atoms with E-state index in [9.17, 15) is 0 Å². The molecule has 0 aromatic rings. The van der Waals surface area contributed by atoms with E-state index in [4.69, 9.17) is 0 Å². The van der Waals surface area contributed by atoms with Crippen molar-refractivity contribution in [1.29, 1.82) is 0 Å². The smallest absolute Gasteiger partial charge is 0.127 e. The van der Waals surface area contributed by atoms with Crippen molar-refractivity contribution in [2.75, 3.05) is 13.1 Å². The van der Waals surface area contributed by atoms with Crippen LogP contribution in [0.15, 0.2) is 28.9 Å². The van der Waals surface area contributed by atoms with Crippen LogP contribution >= 0.6 is 0 Å². The molecule has 0 aromatic carbocycles. The number of aliphatic imine (C=N–C) groups is 1. The lowest BCUT2D eigenvalue weighted by molar-refractivity contribution is 0.610. The van der Waals surface area contributed by atoms with Crippen molar-refractivity contribution in [2.24, 2.45) is 4.99 Å². The first-order valence-corrected chi connectivity index (χ1v) is 3.54. The molecule has 0 N–H and O–H groups in total. The highest BCUT2D eigenvalue weighted by Gasteiger charge is 2.13. The lowest BCUT2D eigenvalue weighted by Crippen LogP contribution is -2.21. The minimum absolute atomic E-state index is 0.948. The zero-order valence-electron chi connectivity index (χ0n) is 6.04. The van der Waals surface area contributed by atoms with Gasteiger partial charge >= 0.3 is 0 Å². The number of hydrogen-bond acceptors (Lipinski definition) is 2. The second-order valence-electron chi connectivity index (χ2n) is 2.64. The number of fused-ring (bicyclic) bond motifs is 1. The van der Waals surface area contributed by atoms with Crippen molar-refractivity contribution in [2.45, 2.75) is 6.92 Å². The quantitative estimate of drug-likeness (QED) is 0.485. The Balaban J connectivity index is 2.34. The van der Waals surface area contributed by atoms with Crippen molar-refractivity contribution in [3.8, 4) is 0 Å². The van der Waals surface area contributed by atoms with Crippen LogP contribution in [0.5, 0.6) is 0 Å². The molecular formula is C8H10N2. The van der Waals surface area contributed by atoms with Gasteiger partial charge in [0.1, 0.15) is 5.84 Å². The molecule has 0 saturated heterocycles. The highest BCUT2D eigenvalue weighted by molar-refractivity contribution is 5.96. The molecule has 2 heterocycles. The molecule has 0 amide bonds. The molecule has 0 radical (unpaired) electrons. The SMILES string of the molecule is CC1=CC2=NCCN2C=C1. The van der Waals surface area contributed by atoms with Crippen LogP contribution in [0.3, 0.4) is 0 Å². The van der Waals surface area contributed by atoms with E-state index in [1.807, 2.05) is 0 Å². The van der Waals surface area contributed by atoms with Crippen LogP contribution in [-0.4, -0.2) is 23.8 Å². The molecule has 2 heteroatoms. The Morgan fingerprint density at radius 2 is 2.50 bits per heavy atom. The molecule has 2 aliphatic rings. The molecule has 52 valence electrons. The molecule has 0 fully saturated rings. The van der Waals surface area contributed by atoms with Crippen LogP contribution in [0.2, 0.25) is 0 Å². The third-order valence-electron chi connectivity index (χ3n) is 1.78. The molecule has 10 heavy (non-hydrogen) atoms. The van der Waals surface area contributed by atoms with Gasteiger partial charge < -0.3 is 4.90 Å². The van der Waals surface area contributed by atoms with Gasteiger partial charge in [-0.15, -0.1) is 0 Å². The normalized spacial score (nSPS) is 22.3. The number of rotatable bonds is 0. The maximum atomic E-state index is 4.32. The Kier molecular flexibility index (Phi) is 1.13. The van der Waals surface area contributed by atoms with Crippen LogP contribution in [0.25, 0.3) is 0 Å². The van der Waals surface area contributed by atoms with E-state index >= 15 is 0 Å². The first-order valence-electron chi connectivity index (χ1n) is 3.54. The number of allylic oxidation sites excluding steroid dienone is 2. The minimum Gasteiger partial charge on any atom is -0.331 e. The molecular weight excluding hydrogens is 124 g/mol. The Hall–Kier alpha value is -1.05. The first kappa shape index (κ1) is 5.71. The standard InChI is InChI=1S/C8H10N2/c1-7-2-4-10-5-3-9-8(10)6-7/h2,4,6H,3,5H2,1H3. The van der Waals surface area contributed by atoms with E-state index in [-0.39, 0.29) is 0 Å². The predicted octanol–water partition coefficient (Wildman–Crippen LogP) is 1.17. The third kappa shape index (κ3) is 0.764. The molecule has 0 bridgehead atoms. The summed E-state index contributed by atoms with van der Waals surface area (Å²) in [6.45, 7) is 4.09. The molecule has 0 atom stereocenters. The third-order valence-corrected chi connectivity index (χ3v) is 1.78. The van der Waals surface area contributed by atoms with Gasteiger partial charge in [-0.3, -0.25) is 4.99 Å². The molecule has 0 unspecified atom stereocenters. The van der Waals surface area contributed by atoms with Crippen LogP contribution in [0.4, 0.5) is 0 Å². The Morgan fingerprint density at radius 1 is 1.60 bits per heavy atom. The second-order valence-corrected chi connectivity index (χ2v) is 2.64. The zero-order valence-corrected chi connectivity index (χ0v) is 6.04. The van der Waals surface area contributed by atoms with Crippen LogP contribution in [0, 0.1) is 0 Å². The Morgan fingerprint density at radius 3 is 3.40 bits per heavy atom. The summed E-state index contributed by atoms with van der Waals surface area (Å²) >= 11 is 0. The van der Waals surface area contributed by atoms with Gasteiger partial charge in [0, 0.05) is 12.7 Å². The topological polar surface area (TPSA) is 15.6 Å². The van der Waals surface area contributed by atoms with Gasteiger partial charge in [0.25, 0.3) is 0 Å². The van der Waals surface area contributed by atoms with E-state index in [1.54, 1.807) is 0 Å². The van der Waals surface area contributed by atoms with Gasteiger partial charge in [-0.25, -0.2) is 0 Å². The highest BCUT2D eigenvalue weighted by atomic mass is 15.2. The van der Waals surface area contributed by atoms with Gasteiger partial charge in [-0.1, -0.05) is 0 Å². The minimum atomic E-state index is 0.948. The fourth-order valence-electron chi connectivity index (χ4n) is 1.22. The number of hydrogen-bond donors (Lipinski definition) is 0. The largest absolute Gasteiger partial charge is 0.331 e. The lowest BCUT2D eigenvalue weighted by atomic mass is 10.2. The average Bonchev–Trinajstić information content (AvgIpc) is 2.33. The van der Waals surface area contributed by atoms with E-state index in [0.29, 0.717) is 0 Å². The summed E-state index contributed by atoms with van der Waals surface area (Å²) in [6, 6.07) is 0. The van der Waals surface area contributed by atoms with Crippen molar-refractivity contribution in [3.05, 3.63) is 23.9 Å². The molecule has 2 rings (SSSR count). The van der Waals surface area contributed by atoms with E-state index < -0.39 is 0 Å². The molecule has 0 aliphatic carbocycles. The highest BCUT2D eigenvalue weighted by Crippen LogP contribution is 2.12. The summed E-state index contributed by atoms with van der Waals surface area (Å²) in [5.74, 6) is 1.13. The zero-order chi connectivity index (χ0) is 6.97. The summed E-state index contributed by atoms with van der Waals surface area (Å²) in [7, 11) is 0. The first-order chi connectivity index (χ1) is 4.86. The van der Waals surface area contributed by atoms with Gasteiger partial charge in [0.15, 0.2) is 0 Å². The lowest BCUT2D eigenvalue weighted by Gasteiger charge is -2.16. The van der Waals surface area contributed by atoms with Gasteiger partial charge in [-0.2, -0.15) is 0 Å². The Labute approximate surface area is 60.6 Å². The van der Waals surface area contributed by atoms with Gasteiger partial charge in [-0.05, 0) is 24.6 Å². The summed E-state index contributed by atoms with van der Waals surface area (Å²) in [5.41, 5.74) is 1.29. The molecule has 2 aliphatic heterocycles. The number of amidine groups is 1. The van der Waals surface area contributed by atoms with Gasteiger partial charge in [0.05, 0.1) is 6.54 Å². The summed E-state index contributed by atoms with van der Waals surface area (Å²) < 4.78 is 0. The van der Waals surface area contributed by atoms with E-state index in [2.05, 4.69) is 35.2 Å². The summed E-state index contributed by atoms with van der Waals surface area (Å²) in [6.07, 6.45) is 6.33. The fourth-order valence-corrected chi connectivity index (χ4v) is 1.22. The number of nitrogens with zero attached hydrogens (tertiary/aromatic N) is 2. The van der Waals surface area contributed by atoms with Gasteiger partial charge in [0.2, 0.25) is 0 Å². The van der Waals surface area contributed by atoms with Crippen LogP contribution in [-0.2, 0) is 0 Å². The molecule has 0 aromatic heterocycles. The maximum absolute atomic E-state index is 4.32. The second kappa shape index (κ2) is 1.97. The van der Waals surface area contributed by atoms with Crippen molar-refractivity contribution in [1.82, 2.24) is 4.90 Å². The Bertz CT molecular complexity index is 236. The van der Waals surface area contributed by atoms with E-state index in [1.165, 1.54) is 5.57 Å². The van der Waals surface area contributed by atoms with Crippen LogP contribution < -0.4 is 0 Å². The molecule has 2 nitrogen and oxygen atoms in total. The molecule has 0 saturated carbocycles. The van der Waals surface area contributed by atoms with Crippen molar-refractivity contribution < 1.29 is 0 Å². The van der Waals surface area contributed by atoms with Crippen LogP contribution in [0.1, 0.15) is 6.92 Å². The van der Waals surface area contributed by atoms with Crippen molar-refractivity contribution in [3.63, 3.8) is 0 Å².